The molecule has 8 nitrogen and oxygen atoms in total. The van der Waals surface area contributed by atoms with E-state index in [4.69, 9.17) is 20.7 Å². The number of carbonyl (C=O) groups is 1. The fourth-order valence-corrected chi connectivity index (χ4v) is 4.35. The van der Waals surface area contributed by atoms with Crippen LogP contribution >= 0.6 is 0 Å². The number of nitrogens with two attached hydrogens (primary N) is 2. The molecular weight excluding hydrogens is 487 g/mol. The second-order valence-electron chi connectivity index (χ2n) is 8.74. The molecule has 0 unspecified atom stereocenters. The summed E-state index contributed by atoms with van der Waals surface area (Å²) in [5, 5.41) is 5.87. The predicted octanol–water partition coefficient (Wildman–Crippen LogP) is 4.29. The van der Waals surface area contributed by atoms with Crippen LogP contribution in [0.2, 0.25) is 0 Å². The second kappa shape index (κ2) is 9.57. The molecule has 11 heteroatoms. The average molecular weight is 510 g/mol. The fraction of sp³-hybridized carbons (Fsp3) is 0.231. The van der Waals surface area contributed by atoms with Crippen molar-refractivity contribution in [3.8, 4) is 17.1 Å². The maximum atomic E-state index is 12.7. The number of nitrogens with zero attached hydrogens (tertiary/aromatic N) is 3. The molecule has 1 aliphatic heterocycles. The Morgan fingerprint density at radius 3 is 2.51 bits per heavy atom. The largest absolute Gasteiger partial charge is 0.485 e. The monoisotopic (exact) mass is 510 g/mol. The minimum atomic E-state index is -4.45. The molecule has 1 aromatic heterocycles. The van der Waals surface area contributed by atoms with Crippen LogP contribution in [0.1, 0.15) is 40.7 Å². The van der Waals surface area contributed by atoms with Crippen molar-refractivity contribution < 1.29 is 31.8 Å². The number of halogens is 3. The van der Waals surface area contributed by atoms with E-state index in [0.29, 0.717) is 17.5 Å². The average Bonchev–Trinajstić information content (AvgIpc) is 3.56. The number of Topliss-reactive ketones (excluding diaryl/α,β-unsaturated/α-hetero) is 1. The van der Waals surface area contributed by atoms with Crippen LogP contribution < -0.4 is 16.2 Å². The highest BCUT2D eigenvalue weighted by Gasteiger charge is 2.32. The molecule has 37 heavy (non-hydrogen) atoms. The third-order valence-corrected chi connectivity index (χ3v) is 6.29. The van der Waals surface area contributed by atoms with E-state index in [0.717, 1.165) is 60.0 Å². The molecule has 0 amide bonds. The molecule has 4 N–H and O–H groups in total. The van der Waals surface area contributed by atoms with Gasteiger partial charge in [0.2, 0.25) is 5.82 Å². The van der Waals surface area contributed by atoms with Gasteiger partial charge < -0.3 is 9.26 Å². The Kier molecular flexibility index (Phi) is 6.28. The van der Waals surface area contributed by atoms with Crippen molar-refractivity contribution in [3.05, 3.63) is 77.7 Å². The molecule has 190 valence electrons. The van der Waals surface area contributed by atoms with Crippen LogP contribution in [0.5, 0.6) is 5.75 Å². The lowest BCUT2D eigenvalue weighted by Gasteiger charge is -2.09. The Morgan fingerprint density at radius 1 is 1.05 bits per heavy atom. The van der Waals surface area contributed by atoms with E-state index < -0.39 is 17.5 Å². The van der Waals surface area contributed by atoms with Crippen molar-refractivity contribution in [2.24, 2.45) is 11.5 Å². The highest BCUT2D eigenvalue weighted by molar-refractivity contribution is 5.97. The lowest BCUT2D eigenvalue weighted by atomic mass is 10.1. The number of hydrogen-bond acceptors (Lipinski definition) is 5. The second-order valence-corrected chi connectivity index (χ2v) is 8.74. The summed E-state index contributed by atoms with van der Waals surface area (Å²) < 4.78 is 51.1. The van der Waals surface area contributed by atoms with Crippen LogP contribution in [0.3, 0.4) is 0 Å². The predicted molar refractivity (Wildman–Crippen MR) is 129 cm³/mol. The van der Waals surface area contributed by atoms with Crippen LogP contribution in [0.15, 0.2) is 65.2 Å². The molecule has 0 aliphatic carbocycles. The Hall–Kier alpha value is -4.41. The Bertz CT molecular complexity index is 1490. The number of guanidine groups is 1. The zero-order valence-electron chi connectivity index (χ0n) is 19.5. The number of fused-ring (bicyclic) bond motifs is 1. The molecule has 1 aliphatic rings. The first-order valence-electron chi connectivity index (χ1n) is 11.5. The van der Waals surface area contributed by atoms with E-state index >= 15 is 0 Å². The van der Waals surface area contributed by atoms with Gasteiger partial charge in [-0.2, -0.15) is 18.2 Å². The van der Waals surface area contributed by atoms with E-state index in [9.17, 15) is 18.0 Å². The molecule has 1 saturated heterocycles. The van der Waals surface area contributed by atoms with Crippen molar-refractivity contribution in [1.82, 2.24) is 10.1 Å². The van der Waals surface area contributed by atoms with Gasteiger partial charge in [-0.3, -0.25) is 20.8 Å². The summed E-state index contributed by atoms with van der Waals surface area (Å²) in [4.78, 5) is 16.9. The van der Waals surface area contributed by atoms with Crippen molar-refractivity contribution in [2.45, 2.75) is 25.1 Å². The maximum Gasteiger partial charge on any atom is 0.416 e. The molecule has 0 bridgehead atoms. The molecule has 0 saturated carbocycles. The van der Waals surface area contributed by atoms with Gasteiger partial charge in [0.25, 0.3) is 5.89 Å². The summed E-state index contributed by atoms with van der Waals surface area (Å²) in [5.41, 5.74) is 11.6. The van der Waals surface area contributed by atoms with Gasteiger partial charge in [0.15, 0.2) is 18.4 Å². The van der Waals surface area contributed by atoms with Crippen molar-refractivity contribution >= 4 is 22.5 Å². The SMILES string of the molecule is NC(N)=[N+]1CCC[C@H]1c1nc(-c2ccc3cc(OCC(=O)c4ccc(C(F)(F)F)cc4)ccc3c2)no1. The number of ether oxygens (including phenoxy) is 1. The first-order valence-corrected chi connectivity index (χ1v) is 11.5. The Morgan fingerprint density at radius 2 is 1.78 bits per heavy atom. The van der Waals surface area contributed by atoms with E-state index in [-0.39, 0.29) is 24.2 Å². The van der Waals surface area contributed by atoms with Crippen LogP contribution in [-0.2, 0) is 6.18 Å². The lowest BCUT2D eigenvalue weighted by molar-refractivity contribution is -0.555. The topological polar surface area (TPSA) is 120 Å². The molecule has 1 fully saturated rings. The summed E-state index contributed by atoms with van der Waals surface area (Å²) >= 11 is 0. The number of alkyl halides is 3. The summed E-state index contributed by atoms with van der Waals surface area (Å²) in [6.07, 6.45) is -2.71. The van der Waals surface area contributed by atoms with Crippen LogP contribution in [0.25, 0.3) is 22.2 Å². The molecule has 2 heterocycles. The number of hydrogen-bond donors (Lipinski definition) is 2. The highest BCUT2D eigenvalue weighted by Crippen LogP contribution is 2.31. The number of aromatic nitrogens is 2. The van der Waals surface area contributed by atoms with Crippen molar-refractivity contribution in [3.63, 3.8) is 0 Å². The van der Waals surface area contributed by atoms with E-state index in [2.05, 4.69) is 10.1 Å². The van der Waals surface area contributed by atoms with Crippen LogP contribution in [0, 0.1) is 0 Å². The van der Waals surface area contributed by atoms with Gasteiger partial charge in [0.1, 0.15) is 5.75 Å². The quantitative estimate of drug-likeness (QED) is 0.226. The van der Waals surface area contributed by atoms with Gasteiger partial charge in [-0.15, -0.1) is 0 Å². The number of ketones is 1. The van der Waals surface area contributed by atoms with E-state index in [1.54, 1.807) is 12.1 Å². The van der Waals surface area contributed by atoms with Gasteiger partial charge in [0.05, 0.1) is 12.1 Å². The highest BCUT2D eigenvalue weighted by atomic mass is 19.4. The van der Waals surface area contributed by atoms with Gasteiger partial charge in [-0.25, -0.2) is 0 Å². The van der Waals surface area contributed by atoms with Crippen LogP contribution in [-0.4, -0.2) is 39.6 Å². The zero-order valence-corrected chi connectivity index (χ0v) is 19.5. The minimum Gasteiger partial charge on any atom is -0.485 e. The van der Waals surface area contributed by atoms with Gasteiger partial charge in [-0.05, 0) is 53.9 Å². The molecule has 1 atom stereocenters. The molecule has 0 spiro atoms. The fourth-order valence-electron chi connectivity index (χ4n) is 4.35. The number of benzene rings is 3. The molecular formula is C26H23F3N5O3+. The van der Waals surface area contributed by atoms with E-state index in [1.165, 1.54) is 0 Å². The zero-order chi connectivity index (χ0) is 26.2. The third-order valence-electron chi connectivity index (χ3n) is 6.29. The first-order chi connectivity index (χ1) is 17.7. The molecule has 3 aromatic carbocycles. The summed E-state index contributed by atoms with van der Waals surface area (Å²) in [6.45, 7) is 0.435. The molecule has 5 rings (SSSR count). The Labute approximate surface area is 209 Å². The summed E-state index contributed by atoms with van der Waals surface area (Å²) in [5.74, 6) is 1.17. The number of carbonyl (C=O) groups excluding carboxylic acids is 1. The van der Waals surface area contributed by atoms with Gasteiger partial charge >= 0.3 is 12.1 Å². The van der Waals surface area contributed by atoms with E-state index in [1.807, 2.05) is 28.8 Å². The Balaban J connectivity index is 1.27. The molecule has 0 radical (unpaired) electrons. The normalized spacial score (nSPS) is 15.8. The van der Waals surface area contributed by atoms with Crippen LogP contribution in [0.4, 0.5) is 13.2 Å². The maximum absolute atomic E-state index is 12.7. The number of rotatable bonds is 6. The van der Waals surface area contributed by atoms with Gasteiger partial charge in [0, 0.05) is 11.1 Å². The first kappa shape index (κ1) is 24.3. The smallest absolute Gasteiger partial charge is 0.416 e. The standard InChI is InChI=1S/C26H22F3N5O3/c27-26(28,29)19-8-5-15(6-9-19)22(35)14-36-20-10-7-16-12-18(4-3-17(16)13-20)23-32-24(37-33-23)21-2-1-11-34(21)25(30)31/h3-10,12-13,21H,1-2,11,14H2,(H3,30,31)/p+1/t21-/m0/s1. The third kappa shape index (κ3) is 5.11. The molecule has 4 aromatic rings. The summed E-state index contributed by atoms with van der Waals surface area (Å²) in [7, 11) is 0. The lowest BCUT2D eigenvalue weighted by Crippen LogP contribution is -2.35. The summed E-state index contributed by atoms with van der Waals surface area (Å²) in [6, 6.07) is 14.9. The minimum absolute atomic E-state index is 0.142. The van der Waals surface area contributed by atoms with Crippen molar-refractivity contribution in [2.75, 3.05) is 13.2 Å². The van der Waals surface area contributed by atoms with Gasteiger partial charge in [-0.1, -0.05) is 35.5 Å². The van der Waals surface area contributed by atoms with Crippen molar-refractivity contribution in [1.29, 1.82) is 0 Å².